The van der Waals surface area contributed by atoms with Crippen LogP contribution >= 0.6 is 11.6 Å². The van der Waals surface area contributed by atoms with Crippen molar-refractivity contribution in [3.8, 4) is 11.1 Å². The number of carbonyl (C=O) groups excluding carboxylic acids is 2. The highest BCUT2D eigenvalue weighted by Gasteiger charge is 2.29. The van der Waals surface area contributed by atoms with E-state index in [9.17, 15) is 14.0 Å². The number of rotatable bonds is 5. The van der Waals surface area contributed by atoms with Gasteiger partial charge in [-0.15, -0.1) is 0 Å². The molecular weight excluding hydrogens is 513 g/mol. The third-order valence-electron chi connectivity index (χ3n) is 6.66. The van der Waals surface area contributed by atoms with Crippen molar-refractivity contribution in [2.45, 2.75) is 12.6 Å². The summed E-state index contributed by atoms with van der Waals surface area (Å²) in [6, 6.07) is 30.0. The molecule has 1 heterocycles. The van der Waals surface area contributed by atoms with Gasteiger partial charge in [0.15, 0.2) is 0 Å². The predicted octanol–water partition coefficient (Wildman–Crippen LogP) is 7.32. The lowest BCUT2D eigenvalue weighted by atomic mass is 10.0. The molecule has 3 amide bonds. The zero-order valence-corrected chi connectivity index (χ0v) is 21.9. The average molecular weight is 540 g/mol. The number of benzene rings is 4. The minimum Gasteiger partial charge on any atom is -0.326 e. The molecule has 0 bridgehead atoms. The Bertz CT molecular complexity index is 1490. The molecule has 1 aliphatic heterocycles. The number of nitrogens with one attached hydrogen (secondary N) is 1. The molecule has 0 saturated heterocycles. The van der Waals surface area contributed by atoms with Crippen molar-refractivity contribution in [3.05, 3.63) is 137 Å². The van der Waals surface area contributed by atoms with E-state index in [1.165, 1.54) is 17.0 Å². The first-order chi connectivity index (χ1) is 19.0. The van der Waals surface area contributed by atoms with E-state index >= 15 is 0 Å². The van der Waals surface area contributed by atoms with Gasteiger partial charge in [0, 0.05) is 23.7 Å². The normalized spacial score (nSPS) is 16.4. The summed E-state index contributed by atoms with van der Waals surface area (Å²) in [7, 11) is 0. The molecule has 0 radical (unpaired) electrons. The molecule has 5 nitrogen and oxygen atoms in total. The summed E-state index contributed by atoms with van der Waals surface area (Å²) >= 11 is 6.53. The summed E-state index contributed by atoms with van der Waals surface area (Å²) in [6.45, 7) is 0.341. The molecule has 1 atom stereocenters. The number of halogens is 2. The molecule has 0 saturated carbocycles. The van der Waals surface area contributed by atoms with E-state index in [-0.39, 0.29) is 37.4 Å². The van der Waals surface area contributed by atoms with Gasteiger partial charge in [-0.3, -0.25) is 4.79 Å². The van der Waals surface area contributed by atoms with Crippen LogP contribution in [0.25, 0.3) is 11.1 Å². The SMILES string of the molecule is O=C(Nc1ccccc1-c1ccccc1)N1C/C=C\C(c2ccccc2Cl)N(Cc2ccc(F)cc2)C(=O)C1. The summed E-state index contributed by atoms with van der Waals surface area (Å²) in [5, 5.41) is 3.53. The fourth-order valence-electron chi connectivity index (χ4n) is 4.66. The van der Waals surface area contributed by atoms with Crippen molar-refractivity contribution in [3.63, 3.8) is 0 Å². The van der Waals surface area contributed by atoms with Crippen LogP contribution in [0.3, 0.4) is 0 Å². The standard InChI is InChI=1S/C32H27ClFN3O2/c33-28-13-6-4-12-27(28)30-15-8-20-36(22-31(38)37(30)21-23-16-18-25(34)19-17-23)32(39)35-29-14-7-5-11-26(29)24-9-2-1-3-10-24/h1-19,30H,20-22H2,(H,35,39)/b15-8-. The topological polar surface area (TPSA) is 52.7 Å². The highest BCUT2D eigenvalue weighted by Crippen LogP contribution is 2.32. The number of anilines is 1. The number of para-hydroxylation sites is 1. The number of hydrogen-bond donors (Lipinski definition) is 1. The van der Waals surface area contributed by atoms with Crippen LogP contribution in [0.15, 0.2) is 115 Å². The third-order valence-corrected chi connectivity index (χ3v) is 7.00. The molecule has 196 valence electrons. The second-order valence-corrected chi connectivity index (χ2v) is 9.67. The Morgan fingerprint density at radius 1 is 0.897 bits per heavy atom. The van der Waals surface area contributed by atoms with E-state index in [2.05, 4.69) is 5.32 Å². The van der Waals surface area contributed by atoms with Crippen LogP contribution in [-0.2, 0) is 11.3 Å². The maximum Gasteiger partial charge on any atom is 0.322 e. The number of hydrogen-bond acceptors (Lipinski definition) is 2. The lowest BCUT2D eigenvalue weighted by Crippen LogP contribution is -2.46. The van der Waals surface area contributed by atoms with Gasteiger partial charge >= 0.3 is 6.03 Å². The van der Waals surface area contributed by atoms with Gasteiger partial charge in [-0.05, 0) is 41.0 Å². The molecule has 4 aromatic carbocycles. The molecule has 0 spiro atoms. The summed E-state index contributed by atoms with van der Waals surface area (Å²) in [4.78, 5) is 30.3. The molecule has 39 heavy (non-hydrogen) atoms. The van der Waals surface area contributed by atoms with Crippen molar-refractivity contribution in [1.29, 1.82) is 0 Å². The Morgan fingerprint density at radius 2 is 1.59 bits per heavy atom. The van der Waals surface area contributed by atoms with Gasteiger partial charge in [-0.2, -0.15) is 0 Å². The molecule has 0 aliphatic carbocycles. The van der Waals surface area contributed by atoms with E-state index in [0.29, 0.717) is 10.7 Å². The quantitative estimate of drug-likeness (QED) is 0.270. The number of amides is 3. The molecule has 0 fully saturated rings. The summed E-state index contributed by atoms with van der Waals surface area (Å²) < 4.78 is 13.6. The third kappa shape index (κ3) is 6.19. The fraction of sp³-hybridized carbons (Fsp3) is 0.125. The monoisotopic (exact) mass is 539 g/mol. The molecule has 7 heteroatoms. The summed E-state index contributed by atoms with van der Waals surface area (Å²) in [6.07, 6.45) is 3.76. The Hall–Kier alpha value is -4.42. The van der Waals surface area contributed by atoms with E-state index in [1.54, 1.807) is 23.1 Å². The van der Waals surface area contributed by atoms with Crippen molar-refractivity contribution in [2.75, 3.05) is 18.4 Å². The summed E-state index contributed by atoms with van der Waals surface area (Å²) in [5.74, 6) is -0.598. The molecule has 0 aromatic heterocycles. The minimum absolute atomic E-state index is 0.133. The summed E-state index contributed by atoms with van der Waals surface area (Å²) in [5.41, 5.74) is 4.07. The van der Waals surface area contributed by atoms with E-state index in [4.69, 9.17) is 11.6 Å². The predicted molar refractivity (Wildman–Crippen MR) is 153 cm³/mol. The van der Waals surface area contributed by atoms with Gasteiger partial charge in [0.05, 0.1) is 11.7 Å². The highest BCUT2D eigenvalue weighted by molar-refractivity contribution is 6.31. The molecule has 1 N–H and O–H groups in total. The Morgan fingerprint density at radius 3 is 2.36 bits per heavy atom. The van der Waals surface area contributed by atoms with Crippen LogP contribution in [-0.4, -0.2) is 34.8 Å². The van der Waals surface area contributed by atoms with Crippen LogP contribution in [0, 0.1) is 5.82 Å². The Labute approximate surface area is 232 Å². The molecule has 5 rings (SSSR count). The van der Waals surface area contributed by atoms with Gasteiger partial charge in [-0.25, -0.2) is 9.18 Å². The van der Waals surface area contributed by atoms with Crippen LogP contribution in [0.4, 0.5) is 14.9 Å². The number of urea groups is 1. The first-order valence-electron chi connectivity index (χ1n) is 12.6. The first kappa shape index (κ1) is 26.2. The zero-order valence-electron chi connectivity index (χ0n) is 21.1. The van der Waals surface area contributed by atoms with Crippen molar-refractivity contribution < 1.29 is 14.0 Å². The maximum absolute atomic E-state index is 13.7. The minimum atomic E-state index is -0.444. The smallest absolute Gasteiger partial charge is 0.322 e. The lowest BCUT2D eigenvalue weighted by Gasteiger charge is -2.35. The van der Waals surface area contributed by atoms with E-state index in [0.717, 1.165) is 22.3 Å². The highest BCUT2D eigenvalue weighted by atomic mass is 35.5. The molecule has 1 aliphatic rings. The second-order valence-electron chi connectivity index (χ2n) is 9.26. The molecule has 1 unspecified atom stereocenters. The Kier molecular flexibility index (Phi) is 8.04. The average Bonchev–Trinajstić information content (AvgIpc) is 2.95. The van der Waals surface area contributed by atoms with Gasteiger partial charge in [0.1, 0.15) is 12.4 Å². The largest absolute Gasteiger partial charge is 0.326 e. The van der Waals surface area contributed by atoms with Crippen LogP contribution in [0.1, 0.15) is 17.2 Å². The van der Waals surface area contributed by atoms with E-state index in [1.807, 2.05) is 84.9 Å². The molecule has 4 aromatic rings. The van der Waals surface area contributed by atoms with Crippen LogP contribution in [0.2, 0.25) is 5.02 Å². The first-order valence-corrected chi connectivity index (χ1v) is 13.0. The lowest BCUT2D eigenvalue weighted by molar-refractivity contribution is -0.134. The van der Waals surface area contributed by atoms with Gasteiger partial charge < -0.3 is 15.1 Å². The van der Waals surface area contributed by atoms with Crippen molar-refractivity contribution in [1.82, 2.24) is 9.80 Å². The van der Waals surface area contributed by atoms with Crippen LogP contribution < -0.4 is 5.32 Å². The zero-order chi connectivity index (χ0) is 27.2. The van der Waals surface area contributed by atoms with Gasteiger partial charge in [-0.1, -0.05) is 103 Å². The van der Waals surface area contributed by atoms with E-state index < -0.39 is 6.04 Å². The maximum atomic E-state index is 13.7. The number of carbonyl (C=O) groups is 2. The second kappa shape index (κ2) is 12.0. The van der Waals surface area contributed by atoms with Gasteiger partial charge in [0.2, 0.25) is 5.91 Å². The molecular formula is C32H27ClFN3O2. The van der Waals surface area contributed by atoms with Crippen LogP contribution in [0.5, 0.6) is 0 Å². The van der Waals surface area contributed by atoms with Gasteiger partial charge in [0.25, 0.3) is 0 Å². The number of nitrogens with zero attached hydrogens (tertiary/aromatic N) is 2. The van der Waals surface area contributed by atoms with Crippen molar-refractivity contribution in [2.24, 2.45) is 0 Å². The fourth-order valence-corrected chi connectivity index (χ4v) is 4.91. The van der Waals surface area contributed by atoms with Crippen molar-refractivity contribution >= 4 is 29.2 Å². The Balaban J connectivity index is 1.42.